The molecular formula is C12H14N2O2. The summed E-state index contributed by atoms with van der Waals surface area (Å²) in [6.07, 6.45) is 1.76. The summed E-state index contributed by atoms with van der Waals surface area (Å²) in [5.74, 6) is 0.740. The quantitative estimate of drug-likeness (QED) is 0.835. The van der Waals surface area contributed by atoms with E-state index in [9.17, 15) is 4.79 Å². The van der Waals surface area contributed by atoms with Crippen molar-refractivity contribution in [3.05, 3.63) is 40.7 Å². The van der Waals surface area contributed by atoms with Crippen LogP contribution >= 0.6 is 0 Å². The minimum absolute atomic E-state index is 0.0194. The van der Waals surface area contributed by atoms with Crippen LogP contribution < -0.4 is 15.9 Å². The molecule has 0 atom stereocenters. The molecule has 0 radical (unpaired) electrons. The van der Waals surface area contributed by atoms with Crippen LogP contribution in [0.5, 0.6) is 5.75 Å². The second-order valence-corrected chi connectivity index (χ2v) is 3.55. The van der Waals surface area contributed by atoms with Crippen LogP contribution in [0.25, 0.3) is 10.9 Å². The molecule has 0 bridgehead atoms. The van der Waals surface area contributed by atoms with Gasteiger partial charge in [0, 0.05) is 36.8 Å². The van der Waals surface area contributed by atoms with Crippen molar-refractivity contribution < 1.29 is 4.74 Å². The number of rotatable bonds is 3. The zero-order valence-electron chi connectivity index (χ0n) is 9.14. The van der Waals surface area contributed by atoms with Gasteiger partial charge in [-0.1, -0.05) is 0 Å². The summed E-state index contributed by atoms with van der Waals surface area (Å²) in [5.41, 5.74) is 6.41. The molecule has 2 rings (SSSR count). The molecule has 84 valence electrons. The number of hydrogen-bond donors (Lipinski definition) is 1. The number of fused-ring (bicyclic) bond motifs is 1. The molecular weight excluding hydrogens is 204 g/mol. The lowest BCUT2D eigenvalue weighted by Gasteiger charge is -2.10. The largest absolute Gasteiger partial charge is 0.497 e. The molecule has 0 aliphatic heterocycles. The fraction of sp³-hybridized carbons (Fsp3) is 0.250. The molecule has 1 heterocycles. The molecule has 0 saturated carbocycles. The first-order valence-electron chi connectivity index (χ1n) is 5.13. The monoisotopic (exact) mass is 218 g/mol. The zero-order valence-corrected chi connectivity index (χ0v) is 9.14. The van der Waals surface area contributed by atoms with Crippen molar-refractivity contribution >= 4 is 10.9 Å². The molecule has 4 nitrogen and oxygen atoms in total. The zero-order chi connectivity index (χ0) is 11.5. The van der Waals surface area contributed by atoms with Crippen LogP contribution in [-0.4, -0.2) is 18.2 Å². The van der Waals surface area contributed by atoms with E-state index < -0.39 is 0 Å². The highest BCUT2D eigenvalue weighted by Crippen LogP contribution is 2.17. The molecule has 0 saturated heterocycles. The van der Waals surface area contributed by atoms with E-state index in [1.165, 1.54) is 0 Å². The highest BCUT2D eigenvalue weighted by molar-refractivity contribution is 5.80. The van der Waals surface area contributed by atoms with Gasteiger partial charge >= 0.3 is 0 Å². The van der Waals surface area contributed by atoms with E-state index in [0.29, 0.717) is 18.5 Å². The molecule has 4 heteroatoms. The van der Waals surface area contributed by atoms with E-state index >= 15 is 0 Å². The number of nitrogens with two attached hydrogens (primary N) is 1. The predicted octanol–water partition coefficient (Wildman–Crippen LogP) is 0.969. The van der Waals surface area contributed by atoms with Gasteiger partial charge < -0.3 is 15.0 Å². The summed E-state index contributed by atoms with van der Waals surface area (Å²) in [4.78, 5) is 11.6. The van der Waals surface area contributed by atoms with Crippen LogP contribution in [-0.2, 0) is 6.54 Å². The SMILES string of the molecule is COc1ccc2c(=O)ccn(CCN)c2c1. The van der Waals surface area contributed by atoms with Crippen molar-refractivity contribution in [2.75, 3.05) is 13.7 Å². The van der Waals surface area contributed by atoms with E-state index in [2.05, 4.69) is 0 Å². The maximum atomic E-state index is 11.6. The van der Waals surface area contributed by atoms with Crippen LogP contribution in [0.2, 0.25) is 0 Å². The second-order valence-electron chi connectivity index (χ2n) is 3.55. The Hall–Kier alpha value is -1.81. The Bertz CT molecular complexity index is 560. The third-order valence-electron chi connectivity index (χ3n) is 2.56. The van der Waals surface area contributed by atoms with Crippen molar-refractivity contribution in [2.24, 2.45) is 5.73 Å². The van der Waals surface area contributed by atoms with Gasteiger partial charge in [0.2, 0.25) is 0 Å². The summed E-state index contributed by atoms with van der Waals surface area (Å²) in [6.45, 7) is 1.22. The molecule has 2 aromatic rings. The summed E-state index contributed by atoms with van der Waals surface area (Å²) in [5, 5.41) is 0.691. The molecule has 16 heavy (non-hydrogen) atoms. The minimum atomic E-state index is 0.0194. The van der Waals surface area contributed by atoms with Crippen molar-refractivity contribution in [2.45, 2.75) is 6.54 Å². The number of aromatic nitrogens is 1. The lowest BCUT2D eigenvalue weighted by Crippen LogP contribution is -2.13. The first-order chi connectivity index (χ1) is 7.76. The normalized spacial score (nSPS) is 10.6. The van der Waals surface area contributed by atoms with Gasteiger partial charge in [-0.2, -0.15) is 0 Å². The van der Waals surface area contributed by atoms with E-state index in [1.54, 1.807) is 31.5 Å². The third kappa shape index (κ3) is 1.79. The Morgan fingerprint density at radius 2 is 2.19 bits per heavy atom. The Labute approximate surface area is 93.3 Å². The first kappa shape index (κ1) is 10.7. The number of hydrogen-bond acceptors (Lipinski definition) is 3. The number of methoxy groups -OCH3 is 1. The van der Waals surface area contributed by atoms with Gasteiger partial charge in [0.15, 0.2) is 5.43 Å². The Kier molecular flexibility index (Phi) is 2.92. The number of pyridine rings is 1. The molecule has 0 unspecified atom stereocenters. The topological polar surface area (TPSA) is 57.2 Å². The van der Waals surface area contributed by atoms with Gasteiger partial charge in [-0.05, 0) is 12.1 Å². The number of nitrogens with zero attached hydrogens (tertiary/aromatic N) is 1. The fourth-order valence-corrected chi connectivity index (χ4v) is 1.75. The van der Waals surface area contributed by atoms with Gasteiger partial charge in [-0.25, -0.2) is 0 Å². The Morgan fingerprint density at radius 1 is 1.38 bits per heavy atom. The molecule has 1 aromatic carbocycles. The minimum Gasteiger partial charge on any atom is -0.497 e. The Balaban J connectivity index is 2.72. The summed E-state index contributed by atoms with van der Waals surface area (Å²) in [6, 6.07) is 6.98. The highest BCUT2D eigenvalue weighted by atomic mass is 16.5. The molecule has 0 fully saturated rings. The van der Waals surface area contributed by atoms with Crippen molar-refractivity contribution in [3.63, 3.8) is 0 Å². The van der Waals surface area contributed by atoms with E-state index in [1.807, 2.05) is 10.6 Å². The van der Waals surface area contributed by atoms with Gasteiger partial charge in [0.05, 0.1) is 12.6 Å². The average Bonchev–Trinajstić information content (AvgIpc) is 2.32. The van der Waals surface area contributed by atoms with Crippen LogP contribution in [0.15, 0.2) is 35.3 Å². The van der Waals surface area contributed by atoms with Gasteiger partial charge in [0.1, 0.15) is 5.75 Å². The smallest absolute Gasteiger partial charge is 0.189 e. The maximum Gasteiger partial charge on any atom is 0.189 e. The van der Waals surface area contributed by atoms with E-state index in [0.717, 1.165) is 11.3 Å². The number of ether oxygens (including phenoxy) is 1. The van der Waals surface area contributed by atoms with Crippen molar-refractivity contribution in [1.29, 1.82) is 0 Å². The molecule has 0 amide bonds. The molecule has 0 aliphatic rings. The van der Waals surface area contributed by atoms with E-state index in [4.69, 9.17) is 10.5 Å². The number of benzene rings is 1. The van der Waals surface area contributed by atoms with Crippen LogP contribution in [0.3, 0.4) is 0 Å². The van der Waals surface area contributed by atoms with E-state index in [-0.39, 0.29) is 5.43 Å². The Morgan fingerprint density at radius 3 is 2.88 bits per heavy atom. The highest BCUT2D eigenvalue weighted by Gasteiger charge is 2.03. The summed E-state index contributed by atoms with van der Waals surface area (Å²) < 4.78 is 7.11. The maximum absolute atomic E-state index is 11.6. The predicted molar refractivity (Wildman–Crippen MR) is 63.8 cm³/mol. The van der Waals surface area contributed by atoms with Crippen LogP contribution in [0.4, 0.5) is 0 Å². The lowest BCUT2D eigenvalue weighted by molar-refractivity contribution is 0.415. The fourth-order valence-electron chi connectivity index (χ4n) is 1.75. The first-order valence-corrected chi connectivity index (χ1v) is 5.13. The van der Waals surface area contributed by atoms with Crippen LogP contribution in [0.1, 0.15) is 0 Å². The molecule has 2 N–H and O–H groups in total. The van der Waals surface area contributed by atoms with Crippen molar-refractivity contribution in [3.8, 4) is 5.75 Å². The van der Waals surface area contributed by atoms with Gasteiger partial charge in [-0.3, -0.25) is 4.79 Å². The average molecular weight is 218 g/mol. The van der Waals surface area contributed by atoms with Crippen molar-refractivity contribution in [1.82, 2.24) is 4.57 Å². The molecule has 1 aromatic heterocycles. The van der Waals surface area contributed by atoms with Gasteiger partial charge in [0.25, 0.3) is 0 Å². The molecule has 0 aliphatic carbocycles. The third-order valence-corrected chi connectivity index (χ3v) is 2.56. The second kappa shape index (κ2) is 4.37. The standard InChI is InChI=1S/C12H14N2O2/c1-16-9-2-3-10-11(8-9)14(7-5-13)6-4-12(10)15/h2-4,6,8H,5,7,13H2,1H3. The summed E-state index contributed by atoms with van der Waals surface area (Å²) >= 11 is 0. The van der Waals surface area contributed by atoms with Crippen LogP contribution in [0, 0.1) is 0 Å². The van der Waals surface area contributed by atoms with Gasteiger partial charge in [-0.15, -0.1) is 0 Å². The summed E-state index contributed by atoms with van der Waals surface area (Å²) in [7, 11) is 1.61. The molecule has 0 spiro atoms. The lowest BCUT2D eigenvalue weighted by atomic mass is 10.2.